The molecular formula is C12H19NO2. The van der Waals surface area contributed by atoms with Crippen LogP contribution in [-0.2, 0) is 9.68 Å². The van der Waals surface area contributed by atoms with Crippen molar-refractivity contribution >= 4 is 5.69 Å². The Morgan fingerprint density at radius 1 is 0.933 bits per heavy atom. The molecule has 0 aliphatic carbocycles. The van der Waals surface area contributed by atoms with Gasteiger partial charge < -0.3 is 0 Å². The van der Waals surface area contributed by atoms with Gasteiger partial charge in [-0.2, -0.15) is 0 Å². The summed E-state index contributed by atoms with van der Waals surface area (Å²) in [6.07, 6.45) is 0. The Hall–Kier alpha value is -1.06. The fourth-order valence-corrected chi connectivity index (χ4v) is 1.48. The van der Waals surface area contributed by atoms with Gasteiger partial charge in [0.25, 0.3) is 0 Å². The molecule has 0 aliphatic heterocycles. The molecule has 0 heterocycles. The molecule has 0 unspecified atom stereocenters. The number of hydrogen-bond acceptors (Lipinski definition) is 3. The summed E-state index contributed by atoms with van der Waals surface area (Å²) in [4.78, 5) is 10.8. The van der Waals surface area contributed by atoms with Gasteiger partial charge >= 0.3 is 0 Å². The van der Waals surface area contributed by atoms with Gasteiger partial charge in [-0.05, 0) is 51.0 Å². The molecule has 0 radical (unpaired) electrons. The maximum Gasteiger partial charge on any atom is 0.0952 e. The fraction of sp³-hybridized carbons (Fsp3) is 0.500. The average Bonchev–Trinajstić information content (AvgIpc) is 2.16. The summed E-state index contributed by atoms with van der Waals surface area (Å²) in [6.45, 7) is 9.18. The van der Waals surface area contributed by atoms with E-state index in [0.717, 1.165) is 5.69 Å². The summed E-state index contributed by atoms with van der Waals surface area (Å²) in [7, 11) is 0. The summed E-state index contributed by atoms with van der Waals surface area (Å²) >= 11 is 0. The first-order valence-electron chi connectivity index (χ1n) is 5.31. The smallest absolute Gasteiger partial charge is 0.0952 e. The van der Waals surface area contributed by atoms with E-state index < -0.39 is 0 Å². The highest BCUT2D eigenvalue weighted by Crippen LogP contribution is 2.19. The molecule has 0 amide bonds. The molecule has 0 spiro atoms. The average molecular weight is 209 g/mol. The van der Waals surface area contributed by atoms with Crippen molar-refractivity contribution in [2.75, 3.05) is 18.4 Å². The van der Waals surface area contributed by atoms with Gasteiger partial charge in [-0.15, -0.1) is 5.23 Å². The largest absolute Gasteiger partial charge is 0.249 e. The third-order valence-electron chi connectivity index (χ3n) is 1.91. The molecule has 3 heteroatoms. The minimum absolute atomic E-state index is 0.590. The first kappa shape index (κ1) is 12.0. The van der Waals surface area contributed by atoms with Crippen molar-refractivity contribution in [3.63, 3.8) is 0 Å². The molecule has 1 aromatic carbocycles. The van der Waals surface area contributed by atoms with Gasteiger partial charge in [0.15, 0.2) is 0 Å². The quantitative estimate of drug-likeness (QED) is 0.696. The highest BCUT2D eigenvalue weighted by molar-refractivity contribution is 5.47. The second-order valence-electron chi connectivity index (χ2n) is 3.44. The maximum atomic E-state index is 5.39. The standard InChI is InChI=1S/C12H19NO2/c1-5-14-13(15-6-2)12-8-10(3)7-11(4)9-12/h7-9H,5-6H2,1-4H3. The van der Waals surface area contributed by atoms with Crippen LogP contribution in [0.4, 0.5) is 5.69 Å². The third-order valence-corrected chi connectivity index (χ3v) is 1.91. The SMILES string of the molecule is CCON(OCC)c1cc(C)cc(C)c1. The lowest BCUT2D eigenvalue weighted by molar-refractivity contribution is -0.0817. The van der Waals surface area contributed by atoms with Crippen LogP contribution in [0.25, 0.3) is 0 Å². The van der Waals surface area contributed by atoms with Gasteiger partial charge in [0.05, 0.1) is 18.9 Å². The minimum atomic E-state index is 0.590. The van der Waals surface area contributed by atoms with Gasteiger partial charge in [0, 0.05) is 0 Å². The van der Waals surface area contributed by atoms with Crippen LogP contribution in [0.5, 0.6) is 0 Å². The predicted molar refractivity (Wildman–Crippen MR) is 61.6 cm³/mol. The van der Waals surface area contributed by atoms with E-state index in [2.05, 4.69) is 19.9 Å². The highest BCUT2D eigenvalue weighted by Gasteiger charge is 2.07. The van der Waals surface area contributed by atoms with E-state index in [1.165, 1.54) is 16.4 Å². The van der Waals surface area contributed by atoms with Crippen LogP contribution in [-0.4, -0.2) is 13.2 Å². The number of hydrogen-bond donors (Lipinski definition) is 0. The van der Waals surface area contributed by atoms with Gasteiger partial charge in [0.2, 0.25) is 0 Å². The fourth-order valence-electron chi connectivity index (χ4n) is 1.48. The number of nitrogens with zero attached hydrogens (tertiary/aromatic N) is 1. The Labute approximate surface area is 91.5 Å². The molecule has 1 aromatic rings. The van der Waals surface area contributed by atoms with Gasteiger partial charge in [-0.1, -0.05) is 6.07 Å². The molecule has 0 fully saturated rings. The monoisotopic (exact) mass is 209 g/mol. The second-order valence-corrected chi connectivity index (χ2v) is 3.44. The molecule has 0 saturated carbocycles. The van der Waals surface area contributed by atoms with Crippen LogP contribution >= 0.6 is 0 Å². The van der Waals surface area contributed by atoms with Crippen molar-refractivity contribution in [2.45, 2.75) is 27.7 Å². The van der Waals surface area contributed by atoms with Crippen LogP contribution in [0, 0.1) is 13.8 Å². The molecule has 84 valence electrons. The number of benzene rings is 1. The topological polar surface area (TPSA) is 21.7 Å². The minimum Gasteiger partial charge on any atom is -0.249 e. The van der Waals surface area contributed by atoms with Crippen molar-refractivity contribution in [2.24, 2.45) is 0 Å². The van der Waals surface area contributed by atoms with Gasteiger partial charge in [0.1, 0.15) is 0 Å². The van der Waals surface area contributed by atoms with Crippen molar-refractivity contribution < 1.29 is 9.68 Å². The molecule has 0 bridgehead atoms. The second kappa shape index (κ2) is 5.73. The van der Waals surface area contributed by atoms with E-state index in [-0.39, 0.29) is 0 Å². The van der Waals surface area contributed by atoms with Crippen molar-refractivity contribution in [3.05, 3.63) is 29.3 Å². The van der Waals surface area contributed by atoms with Crippen molar-refractivity contribution in [1.29, 1.82) is 0 Å². The molecule has 15 heavy (non-hydrogen) atoms. The van der Waals surface area contributed by atoms with Crippen molar-refractivity contribution in [1.82, 2.24) is 0 Å². The summed E-state index contributed by atoms with van der Waals surface area (Å²) < 4.78 is 0. The molecule has 0 saturated heterocycles. The van der Waals surface area contributed by atoms with Crippen LogP contribution in [0.15, 0.2) is 18.2 Å². The highest BCUT2D eigenvalue weighted by atomic mass is 16.9. The number of anilines is 1. The molecule has 3 nitrogen and oxygen atoms in total. The lowest BCUT2D eigenvalue weighted by Crippen LogP contribution is -2.24. The molecule has 0 aromatic heterocycles. The Kier molecular flexibility index (Phi) is 4.59. The molecular weight excluding hydrogens is 190 g/mol. The van der Waals surface area contributed by atoms with E-state index in [1.807, 2.05) is 26.0 Å². The van der Waals surface area contributed by atoms with E-state index in [0.29, 0.717) is 13.2 Å². The van der Waals surface area contributed by atoms with E-state index in [9.17, 15) is 0 Å². The summed E-state index contributed by atoms with van der Waals surface area (Å²) in [5, 5.41) is 1.49. The number of rotatable bonds is 5. The van der Waals surface area contributed by atoms with E-state index in [4.69, 9.17) is 9.68 Å². The van der Waals surface area contributed by atoms with Crippen molar-refractivity contribution in [3.8, 4) is 0 Å². The Balaban J connectivity index is 2.88. The lowest BCUT2D eigenvalue weighted by atomic mass is 10.1. The van der Waals surface area contributed by atoms with Crippen LogP contribution in [0.1, 0.15) is 25.0 Å². The lowest BCUT2D eigenvalue weighted by Gasteiger charge is -2.21. The molecule has 0 N–H and O–H groups in total. The van der Waals surface area contributed by atoms with E-state index >= 15 is 0 Å². The van der Waals surface area contributed by atoms with Crippen LogP contribution < -0.4 is 5.23 Å². The predicted octanol–water partition coefficient (Wildman–Crippen LogP) is 3.01. The Bertz CT molecular complexity index is 286. The zero-order valence-corrected chi connectivity index (χ0v) is 9.91. The maximum absolute atomic E-state index is 5.39. The van der Waals surface area contributed by atoms with E-state index in [1.54, 1.807) is 0 Å². The Morgan fingerprint density at radius 2 is 1.40 bits per heavy atom. The third kappa shape index (κ3) is 3.53. The molecule has 0 atom stereocenters. The first-order chi connectivity index (χ1) is 7.17. The van der Waals surface area contributed by atoms with Gasteiger partial charge in [-0.25, -0.2) is 9.68 Å². The van der Waals surface area contributed by atoms with Crippen LogP contribution in [0.2, 0.25) is 0 Å². The summed E-state index contributed by atoms with van der Waals surface area (Å²) in [5.41, 5.74) is 3.35. The summed E-state index contributed by atoms with van der Waals surface area (Å²) in [5.74, 6) is 0. The molecule has 0 aliphatic rings. The number of aryl methyl sites for hydroxylation is 2. The first-order valence-corrected chi connectivity index (χ1v) is 5.31. The zero-order chi connectivity index (χ0) is 11.3. The molecule has 1 rings (SSSR count). The Morgan fingerprint density at radius 3 is 1.80 bits per heavy atom. The normalized spacial score (nSPS) is 10.4. The zero-order valence-electron chi connectivity index (χ0n) is 9.91. The van der Waals surface area contributed by atoms with Gasteiger partial charge in [-0.3, -0.25) is 0 Å². The summed E-state index contributed by atoms with van der Waals surface area (Å²) in [6, 6.07) is 6.20. The van der Waals surface area contributed by atoms with Crippen LogP contribution in [0.3, 0.4) is 0 Å².